The summed E-state index contributed by atoms with van der Waals surface area (Å²) in [5, 5.41) is 7.18. The summed E-state index contributed by atoms with van der Waals surface area (Å²) in [5.74, 6) is 2.84. The minimum absolute atomic E-state index is 0.469. The van der Waals surface area contributed by atoms with Crippen LogP contribution in [0, 0.1) is 4.77 Å². The average Bonchev–Trinajstić information content (AvgIpc) is 3.08. The molecule has 0 aliphatic carbocycles. The van der Waals surface area contributed by atoms with Crippen LogP contribution >= 0.6 is 12.2 Å². The molecule has 2 N–H and O–H groups in total. The molecule has 0 radical (unpaired) electrons. The average molecular weight is 401 g/mol. The van der Waals surface area contributed by atoms with Crippen molar-refractivity contribution >= 4 is 12.2 Å². The molecule has 7 nitrogen and oxygen atoms in total. The molecule has 0 saturated heterocycles. The predicted octanol–water partition coefficient (Wildman–Crippen LogP) is 4.16. The zero-order chi connectivity index (χ0) is 19.9. The van der Waals surface area contributed by atoms with Crippen LogP contribution in [0.3, 0.4) is 0 Å². The molecule has 0 aliphatic rings. The van der Waals surface area contributed by atoms with Crippen molar-refractivity contribution in [2.45, 2.75) is 20.4 Å². The second-order valence-corrected chi connectivity index (χ2v) is 6.26. The highest BCUT2D eigenvalue weighted by Gasteiger charge is 2.14. The highest BCUT2D eigenvalue weighted by atomic mass is 32.1. The molecule has 28 heavy (non-hydrogen) atoms. The summed E-state index contributed by atoms with van der Waals surface area (Å²) in [5.41, 5.74) is 5.18. The number of nitrogens with one attached hydrogen (secondary N) is 2. The number of nitrogens with zero attached hydrogens (tertiary/aromatic N) is 2. The standard InChI is InChI=1S/C20H24N4O3S/c1-4-26-17-11-10-14(12-18(17)27-5-2)13-21-24-19(22-23-20(24)28)15-8-6-7-9-16(15)25-3/h6-12,21H,4-5,13H2,1-3H3,(H,23,28). The number of aromatic amines is 1. The van der Waals surface area contributed by atoms with E-state index in [1.807, 2.05) is 56.3 Å². The van der Waals surface area contributed by atoms with Gasteiger partial charge >= 0.3 is 0 Å². The number of methoxy groups -OCH3 is 1. The van der Waals surface area contributed by atoms with Gasteiger partial charge in [-0.1, -0.05) is 18.2 Å². The van der Waals surface area contributed by atoms with Crippen molar-refractivity contribution in [3.63, 3.8) is 0 Å². The topological polar surface area (TPSA) is 73.3 Å². The monoisotopic (exact) mass is 400 g/mol. The smallest absolute Gasteiger partial charge is 0.214 e. The highest BCUT2D eigenvalue weighted by Crippen LogP contribution is 2.29. The van der Waals surface area contributed by atoms with Crippen LogP contribution in [0.15, 0.2) is 42.5 Å². The van der Waals surface area contributed by atoms with E-state index in [9.17, 15) is 0 Å². The Hall–Kier alpha value is -3.00. The van der Waals surface area contributed by atoms with Gasteiger partial charge in [0.25, 0.3) is 0 Å². The maximum Gasteiger partial charge on any atom is 0.214 e. The van der Waals surface area contributed by atoms with E-state index in [-0.39, 0.29) is 0 Å². The first kappa shape index (κ1) is 19.8. The maximum absolute atomic E-state index is 5.70. The Labute approximate surface area is 169 Å². The third-order valence-corrected chi connectivity index (χ3v) is 4.34. The van der Waals surface area contributed by atoms with Crippen molar-refractivity contribution in [1.29, 1.82) is 0 Å². The van der Waals surface area contributed by atoms with E-state index >= 15 is 0 Å². The molecular formula is C20H24N4O3S. The van der Waals surface area contributed by atoms with Gasteiger partial charge in [-0.2, -0.15) is 5.10 Å². The van der Waals surface area contributed by atoms with Crippen molar-refractivity contribution in [3.05, 3.63) is 52.8 Å². The number of para-hydroxylation sites is 1. The van der Waals surface area contributed by atoms with Crippen LogP contribution < -0.4 is 19.6 Å². The van der Waals surface area contributed by atoms with E-state index in [1.165, 1.54) is 0 Å². The number of benzene rings is 2. The van der Waals surface area contributed by atoms with Gasteiger partial charge in [0.2, 0.25) is 4.77 Å². The molecule has 2 aromatic carbocycles. The Morgan fingerprint density at radius 3 is 2.54 bits per heavy atom. The van der Waals surface area contributed by atoms with Crippen molar-refractivity contribution in [3.8, 4) is 28.6 Å². The molecule has 0 unspecified atom stereocenters. The van der Waals surface area contributed by atoms with Gasteiger partial charge < -0.3 is 19.6 Å². The molecule has 3 rings (SSSR count). The zero-order valence-corrected chi connectivity index (χ0v) is 17.0. The Morgan fingerprint density at radius 1 is 1.04 bits per heavy atom. The molecule has 0 saturated carbocycles. The van der Waals surface area contributed by atoms with Gasteiger partial charge in [-0.3, -0.25) is 0 Å². The lowest BCUT2D eigenvalue weighted by atomic mass is 10.2. The van der Waals surface area contributed by atoms with E-state index in [4.69, 9.17) is 26.4 Å². The zero-order valence-electron chi connectivity index (χ0n) is 16.2. The Balaban J connectivity index is 1.85. The lowest BCUT2D eigenvalue weighted by Gasteiger charge is -2.14. The van der Waals surface area contributed by atoms with Crippen molar-refractivity contribution in [1.82, 2.24) is 14.9 Å². The third kappa shape index (κ3) is 4.28. The van der Waals surface area contributed by atoms with Gasteiger partial charge in [0, 0.05) is 0 Å². The SMILES string of the molecule is CCOc1ccc(CNn2c(-c3ccccc3OC)n[nH]c2=S)cc1OCC. The number of rotatable bonds is 9. The van der Waals surface area contributed by atoms with Crippen LogP contribution in [0.1, 0.15) is 19.4 Å². The third-order valence-electron chi connectivity index (χ3n) is 4.07. The first-order valence-corrected chi connectivity index (χ1v) is 9.52. The van der Waals surface area contributed by atoms with Crippen molar-refractivity contribution in [2.75, 3.05) is 25.7 Å². The predicted molar refractivity (Wildman–Crippen MR) is 111 cm³/mol. The summed E-state index contributed by atoms with van der Waals surface area (Å²) >= 11 is 5.39. The molecule has 148 valence electrons. The van der Waals surface area contributed by atoms with Gasteiger partial charge in [-0.25, -0.2) is 9.77 Å². The van der Waals surface area contributed by atoms with Crippen LogP contribution in [-0.2, 0) is 6.54 Å². The molecule has 0 aliphatic heterocycles. The summed E-state index contributed by atoms with van der Waals surface area (Å²) in [7, 11) is 1.63. The molecule has 0 amide bonds. The maximum atomic E-state index is 5.70. The van der Waals surface area contributed by atoms with Gasteiger partial charge in [0.1, 0.15) is 5.75 Å². The Morgan fingerprint density at radius 2 is 1.79 bits per heavy atom. The van der Waals surface area contributed by atoms with E-state index < -0.39 is 0 Å². The first-order chi connectivity index (χ1) is 13.7. The molecule has 1 heterocycles. The molecule has 0 bridgehead atoms. The van der Waals surface area contributed by atoms with Gasteiger partial charge in [-0.05, 0) is 55.9 Å². The second kappa shape index (κ2) is 9.27. The molecule has 0 atom stereocenters. The van der Waals surface area contributed by atoms with Crippen LogP contribution in [0.25, 0.3) is 11.4 Å². The molecule has 0 fully saturated rings. The molecule has 0 spiro atoms. The number of ether oxygens (including phenoxy) is 3. The van der Waals surface area contributed by atoms with E-state index in [1.54, 1.807) is 11.8 Å². The van der Waals surface area contributed by atoms with E-state index in [2.05, 4.69) is 15.6 Å². The van der Waals surface area contributed by atoms with Crippen LogP contribution in [0.2, 0.25) is 0 Å². The minimum atomic E-state index is 0.469. The number of hydrogen-bond donors (Lipinski definition) is 2. The van der Waals surface area contributed by atoms with Gasteiger partial charge in [-0.15, -0.1) is 0 Å². The molecule has 8 heteroatoms. The van der Waals surface area contributed by atoms with Gasteiger partial charge in [0.05, 0.1) is 32.4 Å². The number of H-pyrrole nitrogens is 1. The number of aromatic nitrogens is 3. The van der Waals surface area contributed by atoms with Crippen molar-refractivity contribution < 1.29 is 14.2 Å². The van der Waals surface area contributed by atoms with Crippen LogP contribution in [0.5, 0.6) is 17.2 Å². The Bertz CT molecular complexity index is 984. The summed E-state index contributed by atoms with van der Waals surface area (Å²) in [6.45, 7) is 5.59. The summed E-state index contributed by atoms with van der Waals surface area (Å²) in [6.07, 6.45) is 0. The second-order valence-electron chi connectivity index (χ2n) is 5.87. The normalized spacial score (nSPS) is 10.5. The number of hydrogen-bond acceptors (Lipinski definition) is 6. The van der Waals surface area contributed by atoms with Crippen molar-refractivity contribution in [2.24, 2.45) is 0 Å². The largest absolute Gasteiger partial charge is 0.496 e. The minimum Gasteiger partial charge on any atom is -0.496 e. The lowest BCUT2D eigenvalue weighted by molar-refractivity contribution is 0.287. The van der Waals surface area contributed by atoms with E-state index in [0.29, 0.717) is 30.4 Å². The first-order valence-electron chi connectivity index (χ1n) is 9.11. The fraction of sp³-hybridized carbons (Fsp3) is 0.300. The van der Waals surface area contributed by atoms with Crippen LogP contribution in [-0.4, -0.2) is 35.2 Å². The molecule has 3 aromatic rings. The molecule has 1 aromatic heterocycles. The Kier molecular flexibility index (Phi) is 6.54. The lowest BCUT2D eigenvalue weighted by Crippen LogP contribution is -2.16. The fourth-order valence-corrected chi connectivity index (χ4v) is 3.03. The fourth-order valence-electron chi connectivity index (χ4n) is 2.83. The quantitative estimate of drug-likeness (QED) is 0.526. The van der Waals surface area contributed by atoms with Gasteiger partial charge in [0.15, 0.2) is 17.3 Å². The van der Waals surface area contributed by atoms with Crippen LogP contribution in [0.4, 0.5) is 0 Å². The summed E-state index contributed by atoms with van der Waals surface area (Å²) in [6, 6.07) is 13.5. The highest BCUT2D eigenvalue weighted by molar-refractivity contribution is 7.71. The molecular weight excluding hydrogens is 376 g/mol. The summed E-state index contributed by atoms with van der Waals surface area (Å²) in [4.78, 5) is 0. The summed E-state index contributed by atoms with van der Waals surface area (Å²) < 4.78 is 19.0. The van der Waals surface area contributed by atoms with E-state index in [0.717, 1.165) is 28.4 Å².